The van der Waals surface area contributed by atoms with Crippen molar-refractivity contribution in [3.05, 3.63) is 65.2 Å². The first-order chi connectivity index (χ1) is 14.0. The summed E-state index contributed by atoms with van der Waals surface area (Å²) in [5.41, 5.74) is 5.36. The highest BCUT2D eigenvalue weighted by atomic mass is 16.5. The van der Waals surface area contributed by atoms with Crippen LogP contribution in [0.1, 0.15) is 42.9 Å². The van der Waals surface area contributed by atoms with Crippen LogP contribution in [0.2, 0.25) is 0 Å². The van der Waals surface area contributed by atoms with Gasteiger partial charge in [-0.1, -0.05) is 37.6 Å². The number of nitrogens with zero attached hydrogens (tertiary/aromatic N) is 2. The number of carbonyl (C=O) groups excluding carboxylic acids is 1. The summed E-state index contributed by atoms with van der Waals surface area (Å²) in [7, 11) is 0. The number of hydrazone groups is 1. The third-order valence-electron chi connectivity index (χ3n) is 4.07. The fourth-order valence-electron chi connectivity index (χ4n) is 2.58. The van der Waals surface area contributed by atoms with E-state index in [2.05, 4.69) is 17.5 Å². The maximum absolute atomic E-state index is 12.0. The highest BCUT2D eigenvalue weighted by molar-refractivity contribution is 6.02. The van der Waals surface area contributed by atoms with E-state index in [0.29, 0.717) is 17.0 Å². The van der Waals surface area contributed by atoms with Crippen molar-refractivity contribution in [2.24, 2.45) is 5.10 Å². The lowest BCUT2D eigenvalue weighted by Crippen LogP contribution is -2.26. The van der Waals surface area contributed by atoms with Gasteiger partial charge in [0.05, 0.1) is 23.8 Å². The lowest BCUT2D eigenvalue weighted by molar-refractivity contribution is -0.136. The summed E-state index contributed by atoms with van der Waals surface area (Å²) in [4.78, 5) is 23.0. The zero-order valence-corrected chi connectivity index (χ0v) is 16.2. The molecule has 0 saturated heterocycles. The molecular formula is C22H23N3O4. The number of carbonyl (C=O) groups is 2. The number of hydrogen-bond acceptors (Lipinski definition) is 5. The van der Waals surface area contributed by atoms with Gasteiger partial charge in [-0.15, -0.1) is 0 Å². The lowest BCUT2D eigenvalue weighted by atomic mass is 10.0. The molecule has 2 N–H and O–H groups in total. The van der Waals surface area contributed by atoms with Crippen molar-refractivity contribution in [2.75, 3.05) is 6.61 Å². The molecule has 1 amide bonds. The maximum Gasteiger partial charge on any atom is 0.303 e. The van der Waals surface area contributed by atoms with Gasteiger partial charge < -0.3 is 9.84 Å². The van der Waals surface area contributed by atoms with Gasteiger partial charge in [-0.2, -0.15) is 10.4 Å². The molecule has 29 heavy (non-hydrogen) atoms. The number of aliphatic carboxylic acids is 1. The summed E-state index contributed by atoms with van der Waals surface area (Å²) >= 11 is 0. The Morgan fingerprint density at radius 2 is 1.79 bits per heavy atom. The molecule has 7 nitrogen and oxygen atoms in total. The van der Waals surface area contributed by atoms with Gasteiger partial charge in [-0.25, -0.2) is 5.43 Å². The Hall–Kier alpha value is -3.66. The minimum Gasteiger partial charge on any atom is -0.484 e. The molecule has 0 aliphatic heterocycles. The van der Waals surface area contributed by atoms with Gasteiger partial charge in [-0.05, 0) is 41.8 Å². The number of hydrogen-bond donors (Lipinski definition) is 2. The Kier molecular flexibility index (Phi) is 8.39. The van der Waals surface area contributed by atoms with Crippen LogP contribution in [0.3, 0.4) is 0 Å². The van der Waals surface area contributed by atoms with E-state index in [4.69, 9.17) is 15.1 Å². The van der Waals surface area contributed by atoms with Crippen molar-refractivity contribution in [1.29, 1.82) is 5.26 Å². The molecule has 0 fully saturated rings. The number of aryl methyl sites for hydroxylation is 1. The van der Waals surface area contributed by atoms with Gasteiger partial charge in [0, 0.05) is 6.42 Å². The van der Waals surface area contributed by atoms with Crippen LogP contribution in [0.25, 0.3) is 0 Å². The van der Waals surface area contributed by atoms with E-state index in [-0.39, 0.29) is 19.4 Å². The maximum atomic E-state index is 12.0. The normalized spacial score (nSPS) is 10.8. The van der Waals surface area contributed by atoms with E-state index < -0.39 is 11.9 Å². The van der Waals surface area contributed by atoms with Crippen molar-refractivity contribution < 1.29 is 19.4 Å². The van der Waals surface area contributed by atoms with Gasteiger partial charge in [0.1, 0.15) is 5.75 Å². The quantitative estimate of drug-likeness (QED) is 0.475. The number of carboxylic acid groups (broad SMARTS) is 1. The molecule has 2 aromatic carbocycles. The second kappa shape index (κ2) is 11.2. The Morgan fingerprint density at radius 3 is 2.38 bits per heavy atom. The van der Waals surface area contributed by atoms with Crippen molar-refractivity contribution in [3.63, 3.8) is 0 Å². The van der Waals surface area contributed by atoms with E-state index in [0.717, 1.165) is 18.4 Å². The molecule has 0 aromatic heterocycles. The molecule has 150 valence electrons. The van der Waals surface area contributed by atoms with Crippen molar-refractivity contribution >= 4 is 17.6 Å². The number of nitriles is 1. The first kappa shape index (κ1) is 21.6. The topological polar surface area (TPSA) is 112 Å². The van der Waals surface area contributed by atoms with Crippen molar-refractivity contribution in [2.45, 2.75) is 32.6 Å². The minimum atomic E-state index is -0.934. The molecule has 0 spiro atoms. The molecule has 0 bridgehead atoms. The van der Waals surface area contributed by atoms with Crippen LogP contribution in [-0.2, 0) is 16.0 Å². The standard InChI is InChI=1S/C22H23N3O4/c1-2-3-16-4-8-18(9-5-16)20(12-13-22(27)28)24-25-21(26)15-29-19-10-6-17(14-23)7-11-19/h4-11H,2-3,12-13,15H2,1H3,(H,25,26)(H,27,28)/b24-20+. The average molecular weight is 393 g/mol. The summed E-state index contributed by atoms with van der Waals surface area (Å²) in [5, 5.41) is 21.9. The molecule has 0 aliphatic carbocycles. The third kappa shape index (κ3) is 7.46. The van der Waals surface area contributed by atoms with E-state index in [1.807, 2.05) is 30.3 Å². The molecule has 7 heteroatoms. The van der Waals surface area contributed by atoms with Crippen LogP contribution in [0, 0.1) is 11.3 Å². The van der Waals surface area contributed by atoms with Gasteiger partial charge in [0.25, 0.3) is 5.91 Å². The number of benzene rings is 2. The summed E-state index contributed by atoms with van der Waals surface area (Å²) < 4.78 is 5.36. The highest BCUT2D eigenvalue weighted by Gasteiger charge is 2.09. The van der Waals surface area contributed by atoms with Crippen molar-refractivity contribution in [1.82, 2.24) is 5.43 Å². The summed E-state index contributed by atoms with van der Waals surface area (Å²) in [5.74, 6) is -0.943. The number of rotatable bonds is 10. The van der Waals surface area contributed by atoms with Gasteiger partial charge in [-0.3, -0.25) is 9.59 Å². The van der Waals surface area contributed by atoms with Crippen molar-refractivity contribution in [3.8, 4) is 11.8 Å². The van der Waals surface area contributed by atoms with Crippen LogP contribution in [0.15, 0.2) is 53.6 Å². The van der Waals surface area contributed by atoms with Crippen LogP contribution >= 0.6 is 0 Å². The fourth-order valence-corrected chi connectivity index (χ4v) is 2.58. The van der Waals surface area contributed by atoms with Gasteiger partial charge in [0.15, 0.2) is 6.61 Å². The lowest BCUT2D eigenvalue weighted by Gasteiger charge is -2.09. The van der Waals surface area contributed by atoms with E-state index >= 15 is 0 Å². The second-order valence-corrected chi connectivity index (χ2v) is 6.36. The van der Waals surface area contributed by atoms with Crippen LogP contribution in [0.4, 0.5) is 0 Å². The van der Waals surface area contributed by atoms with Gasteiger partial charge in [0.2, 0.25) is 0 Å². The van der Waals surface area contributed by atoms with Crippen LogP contribution in [0.5, 0.6) is 5.75 Å². The number of ether oxygens (including phenoxy) is 1. The first-order valence-corrected chi connectivity index (χ1v) is 9.31. The van der Waals surface area contributed by atoms with Crippen LogP contribution in [-0.4, -0.2) is 29.3 Å². The number of amides is 1. The zero-order valence-electron chi connectivity index (χ0n) is 16.2. The summed E-state index contributed by atoms with van der Waals surface area (Å²) in [6.07, 6.45) is 2.10. The largest absolute Gasteiger partial charge is 0.484 e. The average Bonchev–Trinajstić information content (AvgIpc) is 2.73. The molecular weight excluding hydrogens is 370 g/mol. The predicted octanol–water partition coefficient (Wildman–Crippen LogP) is 3.27. The smallest absolute Gasteiger partial charge is 0.303 e. The molecule has 0 atom stereocenters. The molecule has 0 radical (unpaired) electrons. The number of nitrogens with one attached hydrogen (secondary N) is 1. The van der Waals surface area contributed by atoms with E-state index in [9.17, 15) is 9.59 Å². The molecule has 2 aromatic rings. The van der Waals surface area contributed by atoms with Crippen LogP contribution < -0.4 is 10.2 Å². The highest BCUT2D eigenvalue weighted by Crippen LogP contribution is 2.12. The Morgan fingerprint density at radius 1 is 1.10 bits per heavy atom. The number of carboxylic acids is 1. The molecule has 0 aliphatic rings. The summed E-state index contributed by atoms with van der Waals surface area (Å²) in [6.45, 7) is 1.85. The molecule has 2 rings (SSSR count). The Balaban J connectivity index is 2.00. The zero-order chi connectivity index (χ0) is 21.1. The Labute approximate surface area is 169 Å². The predicted molar refractivity (Wildman–Crippen MR) is 109 cm³/mol. The van der Waals surface area contributed by atoms with Gasteiger partial charge >= 0.3 is 5.97 Å². The van der Waals surface area contributed by atoms with E-state index in [1.165, 1.54) is 5.56 Å². The molecule has 0 unspecified atom stereocenters. The molecule has 0 heterocycles. The third-order valence-corrected chi connectivity index (χ3v) is 4.07. The molecule has 0 saturated carbocycles. The monoisotopic (exact) mass is 393 g/mol. The second-order valence-electron chi connectivity index (χ2n) is 6.36. The fraction of sp³-hybridized carbons (Fsp3) is 0.273. The SMILES string of the molecule is CCCc1ccc(/C(CCC(=O)O)=N/NC(=O)COc2ccc(C#N)cc2)cc1. The minimum absolute atomic E-state index is 0.0901. The summed E-state index contributed by atoms with van der Waals surface area (Å²) in [6, 6.07) is 16.1. The Bertz CT molecular complexity index is 897. The van der Waals surface area contributed by atoms with E-state index in [1.54, 1.807) is 24.3 Å². The first-order valence-electron chi connectivity index (χ1n) is 9.31.